The second-order valence-corrected chi connectivity index (χ2v) is 7.34. The predicted molar refractivity (Wildman–Crippen MR) is 96.3 cm³/mol. The van der Waals surface area contributed by atoms with Crippen LogP contribution in [0.15, 0.2) is 41.8 Å². The third kappa shape index (κ3) is 3.62. The molecule has 0 bridgehead atoms. The summed E-state index contributed by atoms with van der Waals surface area (Å²) < 4.78 is 0. The van der Waals surface area contributed by atoms with Gasteiger partial charge in [0.2, 0.25) is 5.91 Å². The third-order valence-corrected chi connectivity index (χ3v) is 5.31. The second kappa shape index (κ2) is 7.36. The van der Waals surface area contributed by atoms with Crippen molar-refractivity contribution in [3.8, 4) is 0 Å². The molecular formula is C18H19ClN2O2S. The van der Waals surface area contributed by atoms with Crippen molar-refractivity contribution in [2.45, 2.75) is 25.4 Å². The summed E-state index contributed by atoms with van der Waals surface area (Å²) in [5.41, 5.74) is 0.979. The van der Waals surface area contributed by atoms with Crippen molar-refractivity contribution in [1.82, 2.24) is 9.80 Å². The van der Waals surface area contributed by atoms with Crippen molar-refractivity contribution in [3.63, 3.8) is 0 Å². The van der Waals surface area contributed by atoms with Crippen LogP contribution in [0.4, 0.5) is 0 Å². The fourth-order valence-electron chi connectivity index (χ4n) is 3.05. The zero-order valence-electron chi connectivity index (χ0n) is 13.4. The molecule has 1 fully saturated rings. The molecule has 1 aromatic carbocycles. The number of thiophene rings is 1. The summed E-state index contributed by atoms with van der Waals surface area (Å²) >= 11 is 7.42. The van der Waals surface area contributed by atoms with Gasteiger partial charge in [-0.05, 0) is 42.0 Å². The summed E-state index contributed by atoms with van der Waals surface area (Å²) in [5, 5.41) is 2.54. The lowest BCUT2D eigenvalue weighted by Gasteiger charge is -2.28. The van der Waals surface area contributed by atoms with Gasteiger partial charge in [0.15, 0.2) is 0 Å². The van der Waals surface area contributed by atoms with Gasteiger partial charge in [-0.1, -0.05) is 29.8 Å². The van der Waals surface area contributed by atoms with Crippen molar-refractivity contribution in [1.29, 1.82) is 0 Å². The van der Waals surface area contributed by atoms with Crippen LogP contribution in [0.2, 0.25) is 5.02 Å². The summed E-state index contributed by atoms with van der Waals surface area (Å²) in [6.07, 6.45) is 1.58. The Bertz CT molecular complexity index is 732. The molecular weight excluding hydrogens is 344 g/mol. The highest BCUT2D eigenvalue weighted by molar-refractivity contribution is 7.12. The third-order valence-electron chi connectivity index (χ3n) is 4.22. The van der Waals surface area contributed by atoms with Crippen LogP contribution in [-0.4, -0.2) is 41.2 Å². The maximum atomic E-state index is 12.8. The maximum Gasteiger partial charge on any atom is 0.264 e. The molecule has 126 valence electrons. The van der Waals surface area contributed by atoms with E-state index in [9.17, 15) is 9.59 Å². The van der Waals surface area contributed by atoms with Gasteiger partial charge in [0.1, 0.15) is 6.04 Å². The predicted octanol–water partition coefficient (Wildman–Crippen LogP) is 3.66. The Kier molecular flexibility index (Phi) is 5.21. The van der Waals surface area contributed by atoms with Crippen LogP contribution in [-0.2, 0) is 11.3 Å². The Morgan fingerprint density at radius 2 is 2.17 bits per heavy atom. The summed E-state index contributed by atoms with van der Waals surface area (Å²) in [4.78, 5) is 29.5. The number of nitrogens with zero attached hydrogens (tertiary/aromatic N) is 2. The fraction of sp³-hybridized carbons (Fsp3) is 0.333. The highest BCUT2D eigenvalue weighted by atomic mass is 35.5. The molecule has 2 aromatic rings. The molecule has 0 aliphatic carbocycles. The van der Waals surface area contributed by atoms with Gasteiger partial charge in [-0.3, -0.25) is 9.59 Å². The van der Waals surface area contributed by atoms with E-state index < -0.39 is 0 Å². The molecule has 1 unspecified atom stereocenters. The lowest BCUT2D eigenvalue weighted by Crippen LogP contribution is -2.46. The van der Waals surface area contributed by atoms with E-state index in [1.807, 2.05) is 41.8 Å². The van der Waals surface area contributed by atoms with Gasteiger partial charge in [0.05, 0.1) is 4.88 Å². The molecule has 0 spiro atoms. The van der Waals surface area contributed by atoms with Gasteiger partial charge in [-0.15, -0.1) is 11.3 Å². The van der Waals surface area contributed by atoms with Crippen molar-refractivity contribution in [3.05, 3.63) is 57.2 Å². The van der Waals surface area contributed by atoms with E-state index in [0.717, 1.165) is 18.4 Å². The normalized spacial score (nSPS) is 17.1. The molecule has 1 aliphatic rings. The van der Waals surface area contributed by atoms with Crippen LogP contribution in [0, 0.1) is 0 Å². The van der Waals surface area contributed by atoms with Crippen LogP contribution in [0.3, 0.4) is 0 Å². The molecule has 2 heterocycles. The van der Waals surface area contributed by atoms with Gasteiger partial charge in [-0.2, -0.15) is 0 Å². The first-order valence-corrected chi connectivity index (χ1v) is 9.16. The van der Waals surface area contributed by atoms with Crippen molar-refractivity contribution in [2.75, 3.05) is 13.6 Å². The fourth-order valence-corrected chi connectivity index (χ4v) is 3.94. The molecule has 0 radical (unpaired) electrons. The Hall–Kier alpha value is -1.85. The molecule has 0 saturated carbocycles. The zero-order valence-corrected chi connectivity index (χ0v) is 15.0. The number of halogens is 1. The van der Waals surface area contributed by atoms with Crippen LogP contribution in [0.5, 0.6) is 0 Å². The quantitative estimate of drug-likeness (QED) is 0.832. The minimum Gasteiger partial charge on any atom is -0.340 e. The number of rotatable bonds is 4. The van der Waals surface area contributed by atoms with Crippen LogP contribution in [0.1, 0.15) is 28.1 Å². The van der Waals surface area contributed by atoms with Gasteiger partial charge in [0, 0.05) is 25.2 Å². The van der Waals surface area contributed by atoms with Crippen molar-refractivity contribution in [2.24, 2.45) is 0 Å². The van der Waals surface area contributed by atoms with E-state index in [0.29, 0.717) is 23.0 Å². The maximum absolute atomic E-state index is 12.8. The molecule has 6 heteroatoms. The average molecular weight is 363 g/mol. The molecule has 1 aliphatic heterocycles. The van der Waals surface area contributed by atoms with Crippen molar-refractivity contribution >= 4 is 34.8 Å². The number of likely N-dealkylation sites (N-methyl/N-ethyl adjacent to an activating group) is 1. The number of amides is 2. The highest BCUT2D eigenvalue weighted by Crippen LogP contribution is 2.24. The first-order chi connectivity index (χ1) is 11.6. The molecule has 4 nitrogen and oxygen atoms in total. The number of carbonyl (C=O) groups excluding carboxylic acids is 2. The van der Waals surface area contributed by atoms with Gasteiger partial charge >= 0.3 is 0 Å². The van der Waals surface area contributed by atoms with E-state index in [2.05, 4.69) is 0 Å². The Balaban J connectivity index is 1.70. The molecule has 0 N–H and O–H groups in total. The molecule has 24 heavy (non-hydrogen) atoms. The first kappa shape index (κ1) is 17.0. The smallest absolute Gasteiger partial charge is 0.264 e. The second-order valence-electron chi connectivity index (χ2n) is 5.96. The average Bonchev–Trinajstić information content (AvgIpc) is 3.25. The van der Waals surface area contributed by atoms with Crippen LogP contribution >= 0.6 is 22.9 Å². The standard InChI is InChI=1S/C18H19ClN2O2S/c1-20(12-13-5-2-6-14(19)11-13)17(22)15-7-3-9-21(15)18(23)16-8-4-10-24-16/h2,4-6,8,10-11,15H,3,7,9,12H2,1H3. The summed E-state index contributed by atoms with van der Waals surface area (Å²) in [5.74, 6) is -0.0608. The number of hydrogen-bond acceptors (Lipinski definition) is 3. The number of likely N-dealkylation sites (tertiary alicyclic amines) is 1. The Labute approximate surface area is 150 Å². The van der Waals surface area contributed by atoms with Gasteiger partial charge in [0.25, 0.3) is 5.91 Å². The lowest BCUT2D eigenvalue weighted by molar-refractivity contribution is -0.134. The van der Waals surface area contributed by atoms with Gasteiger partial charge < -0.3 is 9.80 Å². The molecule has 1 atom stereocenters. The molecule has 2 amide bonds. The van der Waals surface area contributed by atoms with E-state index in [1.165, 1.54) is 11.3 Å². The lowest BCUT2D eigenvalue weighted by atomic mass is 10.1. The van der Waals surface area contributed by atoms with E-state index in [-0.39, 0.29) is 17.9 Å². The monoisotopic (exact) mass is 362 g/mol. The van der Waals surface area contributed by atoms with E-state index >= 15 is 0 Å². The highest BCUT2D eigenvalue weighted by Gasteiger charge is 2.36. The number of benzene rings is 1. The summed E-state index contributed by atoms with van der Waals surface area (Å²) in [6, 6.07) is 10.8. The topological polar surface area (TPSA) is 40.6 Å². The van der Waals surface area contributed by atoms with Crippen LogP contribution in [0.25, 0.3) is 0 Å². The SMILES string of the molecule is CN(Cc1cccc(Cl)c1)C(=O)C1CCCN1C(=O)c1cccs1. The summed E-state index contributed by atoms with van der Waals surface area (Å²) in [6.45, 7) is 1.12. The Morgan fingerprint density at radius 3 is 2.88 bits per heavy atom. The first-order valence-electron chi connectivity index (χ1n) is 7.90. The number of carbonyl (C=O) groups is 2. The minimum absolute atomic E-state index is 0.0163. The zero-order chi connectivity index (χ0) is 17.1. The van der Waals surface area contributed by atoms with Crippen LogP contribution < -0.4 is 0 Å². The number of hydrogen-bond donors (Lipinski definition) is 0. The van der Waals surface area contributed by atoms with E-state index in [4.69, 9.17) is 11.6 Å². The van der Waals surface area contributed by atoms with E-state index in [1.54, 1.807) is 16.8 Å². The minimum atomic E-state index is -0.371. The van der Waals surface area contributed by atoms with Crippen molar-refractivity contribution < 1.29 is 9.59 Å². The molecule has 1 aromatic heterocycles. The Morgan fingerprint density at radius 1 is 1.33 bits per heavy atom. The molecule has 3 rings (SSSR count). The largest absolute Gasteiger partial charge is 0.340 e. The van der Waals surface area contributed by atoms with Gasteiger partial charge in [-0.25, -0.2) is 0 Å². The summed E-state index contributed by atoms with van der Waals surface area (Å²) in [7, 11) is 1.77. The molecule has 1 saturated heterocycles.